The monoisotopic (exact) mass is 418 g/mol. The summed E-state index contributed by atoms with van der Waals surface area (Å²) in [4.78, 5) is 24.1. The number of nitrogens with zero attached hydrogens (tertiary/aromatic N) is 4. The molecule has 5 rings (SSSR count). The van der Waals surface area contributed by atoms with Crippen LogP contribution in [0.2, 0.25) is 0 Å². The molecule has 1 atom stereocenters. The van der Waals surface area contributed by atoms with Crippen LogP contribution in [0, 0.1) is 12.8 Å². The lowest BCUT2D eigenvalue weighted by molar-refractivity contribution is -0.131. The summed E-state index contributed by atoms with van der Waals surface area (Å²) >= 11 is 0. The first kappa shape index (κ1) is 20.0. The Bertz CT molecular complexity index is 1070. The lowest BCUT2D eigenvalue weighted by Crippen LogP contribution is -2.29. The van der Waals surface area contributed by atoms with Gasteiger partial charge in [-0.1, -0.05) is 18.9 Å². The fourth-order valence-electron chi connectivity index (χ4n) is 4.97. The third-order valence-corrected chi connectivity index (χ3v) is 6.73. The van der Waals surface area contributed by atoms with Gasteiger partial charge in [0, 0.05) is 36.8 Å². The molecular weight excluding hydrogens is 388 g/mol. The number of rotatable bonds is 6. The Morgan fingerprint density at radius 1 is 1.16 bits per heavy atom. The number of aromatic nitrogens is 4. The van der Waals surface area contributed by atoms with Crippen LogP contribution in [0.25, 0.3) is 11.0 Å². The predicted octanol–water partition coefficient (Wildman–Crippen LogP) is 4.17. The highest BCUT2D eigenvalue weighted by molar-refractivity contribution is 5.87. The molecule has 162 valence electrons. The van der Waals surface area contributed by atoms with Gasteiger partial charge in [0.2, 0.25) is 5.91 Å². The lowest BCUT2D eigenvalue weighted by atomic mass is 10.0. The van der Waals surface area contributed by atoms with Crippen LogP contribution in [0.5, 0.6) is 0 Å². The van der Waals surface area contributed by atoms with Gasteiger partial charge >= 0.3 is 0 Å². The minimum Gasteiger partial charge on any atom is -0.362 e. The molecule has 1 saturated carbocycles. The molecule has 4 heterocycles. The van der Waals surface area contributed by atoms with E-state index in [9.17, 15) is 4.79 Å². The quantitative estimate of drug-likeness (QED) is 0.627. The van der Waals surface area contributed by atoms with E-state index >= 15 is 0 Å². The molecule has 1 aliphatic carbocycles. The molecule has 7 heteroatoms. The van der Waals surface area contributed by atoms with E-state index in [1.54, 1.807) is 0 Å². The van der Waals surface area contributed by atoms with Crippen LogP contribution in [-0.2, 0) is 11.3 Å². The maximum Gasteiger partial charge on any atom is 0.222 e. The number of amides is 1. The van der Waals surface area contributed by atoms with E-state index < -0.39 is 0 Å². The second-order valence-electron chi connectivity index (χ2n) is 9.01. The number of carbonyl (C=O) groups is 1. The Hall–Kier alpha value is -2.96. The Kier molecular flexibility index (Phi) is 5.57. The highest BCUT2D eigenvalue weighted by Gasteiger charge is 2.30. The van der Waals surface area contributed by atoms with Crippen molar-refractivity contribution in [1.82, 2.24) is 25.1 Å². The zero-order valence-corrected chi connectivity index (χ0v) is 18.1. The Morgan fingerprint density at radius 3 is 2.87 bits per heavy atom. The van der Waals surface area contributed by atoms with Gasteiger partial charge in [0.05, 0.1) is 17.6 Å². The molecule has 0 bridgehead atoms. The van der Waals surface area contributed by atoms with Crippen molar-refractivity contribution in [2.45, 2.75) is 57.9 Å². The van der Waals surface area contributed by atoms with Crippen LogP contribution in [0.4, 0.5) is 5.82 Å². The van der Waals surface area contributed by atoms with Crippen molar-refractivity contribution in [3.8, 4) is 0 Å². The summed E-state index contributed by atoms with van der Waals surface area (Å²) in [5.74, 6) is 2.02. The Balaban J connectivity index is 1.23. The minimum absolute atomic E-state index is 0.299. The maximum atomic E-state index is 12.7. The molecular formula is C24H30N6O. The zero-order chi connectivity index (χ0) is 21.2. The molecule has 3 aromatic heterocycles. The second kappa shape index (κ2) is 8.65. The molecule has 1 amide bonds. The zero-order valence-electron chi connectivity index (χ0n) is 18.1. The lowest BCUT2D eigenvalue weighted by Gasteiger charge is -2.18. The van der Waals surface area contributed by atoms with Gasteiger partial charge in [0.25, 0.3) is 0 Å². The van der Waals surface area contributed by atoms with Crippen LogP contribution in [-0.4, -0.2) is 44.1 Å². The highest BCUT2D eigenvalue weighted by atomic mass is 16.2. The summed E-state index contributed by atoms with van der Waals surface area (Å²) in [7, 11) is 0. The van der Waals surface area contributed by atoms with Crippen LogP contribution >= 0.6 is 0 Å². The molecule has 31 heavy (non-hydrogen) atoms. The average molecular weight is 419 g/mol. The summed E-state index contributed by atoms with van der Waals surface area (Å²) in [5.41, 5.74) is 3.81. The van der Waals surface area contributed by atoms with E-state index in [1.807, 2.05) is 30.0 Å². The van der Waals surface area contributed by atoms with E-state index in [1.165, 1.54) is 25.7 Å². The first-order valence-electron chi connectivity index (χ1n) is 11.4. The standard InChI is InChI=1S/C24H30N6O/c1-16-5-4-8-19(26-16)14-25-23-20-9-10-21(27-24(20)29-28-23)18-11-12-30(15-18)22(31)13-17-6-2-3-7-17/h4-5,8-10,17-18H,2-3,6-7,11-15H2,1H3,(H2,25,27,28,29). The number of nitrogens with one attached hydrogen (secondary N) is 2. The molecule has 7 nitrogen and oxygen atoms in total. The van der Waals surface area contributed by atoms with Gasteiger partial charge in [-0.05, 0) is 56.4 Å². The molecule has 2 aliphatic rings. The topological polar surface area (TPSA) is 86.8 Å². The molecule has 0 spiro atoms. The number of likely N-dealkylation sites (tertiary alicyclic amines) is 1. The number of aryl methyl sites for hydroxylation is 1. The van der Waals surface area contributed by atoms with Crippen molar-refractivity contribution in [3.63, 3.8) is 0 Å². The number of anilines is 1. The summed E-state index contributed by atoms with van der Waals surface area (Å²) < 4.78 is 0. The van der Waals surface area contributed by atoms with E-state index in [4.69, 9.17) is 4.98 Å². The van der Waals surface area contributed by atoms with Gasteiger partial charge in [-0.15, -0.1) is 0 Å². The maximum absolute atomic E-state index is 12.7. The SMILES string of the molecule is Cc1cccc(CNc2n[nH]c3nc(C4CCN(C(=O)CC5CCCC5)C4)ccc23)n1. The largest absolute Gasteiger partial charge is 0.362 e. The second-order valence-corrected chi connectivity index (χ2v) is 9.01. The Labute approximate surface area is 182 Å². The fraction of sp³-hybridized carbons (Fsp3) is 0.500. The van der Waals surface area contributed by atoms with Crippen molar-refractivity contribution in [2.75, 3.05) is 18.4 Å². The van der Waals surface area contributed by atoms with Crippen LogP contribution < -0.4 is 5.32 Å². The van der Waals surface area contributed by atoms with Crippen molar-refractivity contribution >= 4 is 22.8 Å². The highest BCUT2D eigenvalue weighted by Crippen LogP contribution is 2.32. The van der Waals surface area contributed by atoms with E-state index in [0.29, 0.717) is 24.3 Å². The smallest absolute Gasteiger partial charge is 0.222 e. The molecule has 1 aliphatic heterocycles. The fourth-order valence-corrected chi connectivity index (χ4v) is 4.97. The number of aromatic amines is 1. The van der Waals surface area contributed by atoms with Crippen molar-refractivity contribution in [1.29, 1.82) is 0 Å². The van der Waals surface area contributed by atoms with Crippen LogP contribution in [0.3, 0.4) is 0 Å². The number of fused-ring (bicyclic) bond motifs is 1. The molecule has 3 aromatic rings. The summed E-state index contributed by atoms with van der Waals surface area (Å²) in [6.45, 7) is 4.23. The third-order valence-electron chi connectivity index (χ3n) is 6.73. The summed E-state index contributed by atoms with van der Waals surface area (Å²) in [6.07, 6.45) is 6.71. The van der Waals surface area contributed by atoms with Crippen LogP contribution in [0.15, 0.2) is 30.3 Å². The Morgan fingerprint density at radius 2 is 2.03 bits per heavy atom. The molecule has 0 aromatic carbocycles. The summed E-state index contributed by atoms with van der Waals surface area (Å²) in [6, 6.07) is 10.2. The van der Waals surface area contributed by atoms with Gasteiger partial charge in [-0.2, -0.15) is 5.10 Å². The third kappa shape index (κ3) is 4.40. The number of H-pyrrole nitrogens is 1. The number of carbonyl (C=O) groups excluding carboxylic acids is 1. The minimum atomic E-state index is 0.299. The normalized spacial score (nSPS) is 19.4. The molecule has 0 radical (unpaired) electrons. The predicted molar refractivity (Wildman–Crippen MR) is 121 cm³/mol. The van der Waals surface area contributed by atoms with Crippen molar-refractivity contribution in [2.24, 2.45) is 5.92 Å². The molecule has 2 N–H and O–H groups in total. The first-order valence-corrected chi connectivity index (χ1v) is 11.4. The number of pyridine rings is 2. The van der Waals surface area contributed by atoms with Crippen molar-refractivity contribution < 1.29 is 4.79 Å². The van der Waals surface area contributed by atoms with E-state index in [0.717, 1.165) is 59.9 Å². The van der Waals surface area contributed by atoms with Gasteiger partial charge in [0.1, 0.15) is 0 Å². The summed E-state index contributed by atoms with van der Waals surface area (Å²) in [5, 5.41) is 11.8. The molecule has 1 saturated heterocycles. The first-order chi connectivity index (χ1) is 15.2. The molecule has 2 fully saturated rings. The molecule has 1 unspecified atom stereocenters. The number of hydrogen-bond acceptors (Lipinski definition) is 5. The number of hydrogen-bond donors (Lipinski definition) is 2. The average Bonchev–Trinajstić information content (AvgIpc) is 3.53. The van der Waals surface area contributed by atoms with Gasteiger partial charge in [0.15, 0.2) is 11.5 Å². The van der Waals surface area contributed by atoms with Gasteiger partial charge < -0.3 is 10.2 Å². The van der Waals surface area contributed by atoms with E-state index in [2.05, 4.69) is 32.6 Å². The van der Waals surface area contributed by atoms with Crippen molar-refractivity contribution in [3.05, 3.63) is 47.4 Å². The van der Waals surface area contributed by atoms with Crippen LogP contribution in [0.1, 0.15) is 61.5 Å². The van der Waals surface area contributed by atoms with Gasteiger partial charge in [-0.3, -0.25) is 14.9 Å². The van der Waals surface area contributed by atoms with Gasteiger partial charge in [-0.25, -0.2) is 4.98 Å². The van der Waals surface area contributed by atoms with E-state index in [-0.39, 0.29) is 0 Å².